The van der Waals surface area contributed by atoms with Gasteiger partial charge in [0, 0.05) is 68.4 Å². The minimum Gasteiger partial charge on any atom is -0.496 e. The van der Waals surface area contributed by atoms with Gasteiger partial charge in [-0.15, -0.1) is 34.0 Å². The van der Waals surface area contributed by atoms with E-state index in [0.717, 1.165) is 111 Å². The maximum atomic E-state index is 14.1. The minimum absolute atomic E-state index is 0.00463. The number of thiazole rings is 3. The fraction of sp³-hybridized carbons (Fsp3) is 0.571. The number of amides is 6. The number of hydrogen-bond donors (Lipinski definition) is 6. The number of aryl methyl sites for hydroxylation is 1. The Balaban J connectivity index is 0.000000224. The van der Waals surface area contributed by atoms with Crippen molar-refractivity contribution in [2.24, 2.45) is 0 Å². The van der Waals surface area contributed by atoms with Crippen LogP contribution in [-0.2, 0) is 16.2 Å². The normalized spacial score (nSPS) is 18.2. The maximum Gasteiger partial charge on any atom is 0.406 e. The number of ether oxygens (including phenoxy) is 2. The lowest BCUT2D eigenvalue weighted by Crippen LogP contribution is -2.51. The Morgan fingerprint density at radius 3 is 1.08 bits per heavy atom. The van der Waals surface area contributed by atoms with Gasteiger partial charge in [0.2, 0.25) is 0 Å². The van der Waals surface area contributed by atoms with Crippen LogP contribution < -0.4 is 25.4 Å². The van der Waals surface area contributed by atoms with Crippen LogP contribution in [0, 0.1) is 6.92 Å². The van der Waals surface area contributed by atoms with Crippen LogP contribution in [0.4, 0.5) is 87.8 Å². The second-order valence-corrected chi connectivity index (χ2v) is 34.7. The molecule has 10 rings (SSSR count). The van der Waals surface area contributed by atoms with Crippen molar-refractivity contribution in [2.75, 3.05) is 53.5 Å². The molecule has 120 heavy (non-hydrogen) atoms. The van der Waals surface area contributed by atoms with Crippen LogP contribution in [0.25, 0.3) is 31.3 Å². The van der Waals surface area contributed by atoms with E-state index >= 15 is 0 Å². The third-order valence-corrected chi connectivity index (χ3v) is 24.7. The molecule has 6 N–H and O–H groups in total. The van der Waals surface area contributed by atoms with Crippen molar-refractivity contribution in [3.63, 3.8) is 0 Å². The van der Waals surface area contributed by atoms with Crippen molar-refractivity contribution in [3.05, 3.63) is 109 Å². The molecule has 6 amide bonds. The van der Waals surface area contributed by atoms with Gasteiger partial charge in [-0.25, -0.2) is 23.7 Å². The predicted molar refractivity (Wildman–Crippen MR) is 401 cm³/mol. The molecule has 3 aliphatic heterocycles. The molecule has 3 atom stereocenters. The highest BCUT2D eigenvalue weighted by molar-refractivity contribution is 7.18. The van der Waals surface area contributed by atoms with Gasteiger partial charge in [-0.2, -0.15) is 79.0 Å². The molecule has 0 bridgehead atoms. The summed E-state index contributed by atoms with van der Waals surface area (Å²) in [6.07, 6.45) is -28.9. The van der Waals surface area contributed by atoms with E-state index in [9.17, 15) is 132 Å². The second-order valence-electron chi connectivity index (χ2n) is 31.7. The Labute approximate surface area is 686 Å². The van der Waals surface area contributed by atoms with E-state index in [1.54, 1.807) is 9.80 Å². The molecule has 0 unspecified atom stereocenters. The van der Waals surface area contributed by atoms with Gasteiger partial charge < -0.3 is 55.4 Å². The standard InChI is InChI=1S/C26H31F6N3O4S.C26H29F6N3O3S.C25H27F8N3O4S/c1-14-8-6-7-11-35(14)22(37)18-19(40-21(34-18)20(36)33-13-23(2,3)38)16-10-9-15(12-17(16)39-5)24(4,25(27,28)29)26(30,31)32;1-14-12-16(23(3,25(27,28)29)26(30,31)32)7-8-17(14)19-18(22(37)35-11-4-6-15(35)2)34-21(39-19)20(36)33-13-24(38)9-5-10-24;1-12-9-23(26,27)11-36(12)20(38)16-17(41-19(35-16)18(37)34-10-21(2,3)39)14-7-6-13(8-15(14)40-5)22(4,24(28,29)30)25(31,32)33/h9-10,12,14,38H,6-8,11,13H2,1-5H3,(H,33,36);7-8,12,15,38H,4-6,9-11,13H2,1-3H3,(H,33,36);6-8,12,39H,9-11H2,1-5H3,(H,34,37)/t14-;15-;12-/m000/s1. The number of benzene rings is 3. The van der Waals surface area contributed by atoms with Crippen LogP contribution in [0.1, 0.15) is 210 Å². The average Bonchev–Trinajstić information content (AvgIpc) is 1.12. The molecule has 6 aromatic rings. The number of nitrogens with zero attached hydrogens (tertiary/aromatic N) is 6. The van der Waals surface area contributed by atoms with Gasteiger partial charge in [-0.3, -0.25) is 28.8 Å². The average molecular weight is 1790 g/mol. The van der Waals surface area contributed by atoms with E-state index in [1.807, 2.05) is 13.8 Å². The number of carbonyl (C=O) groups is 6. The summed E-state index contributed by atoms with van der Waals surface area (Å²) in [7, 11) is 2.05. The first-order valence-corrected chi connectivity index (χ1v) is 39.5. The van der Waals surface area contributed by atoms with E-state index in [-0.39, 0.29) is 122 Å². The number of methoxy groups -OCH3 is 2. The number of carbonyl (C=O) groups excluding carboxylic acids is 6. The summed E-state index contributed by atoms with van der Waals surface area (Å²) >= 11 is 2.12. The number of alkyl halides is 20. The van der Waals surface area contributed by atoms with Gasteiger partial charge in [-0.05, 0) is 180 Å². The topological polar surface area (TPSA) is 266 Å². The van der Waals surface area contributed by atoms with Gasteiger partial charge in [0.05, 0.1) is 52.2 Å². The smallest absolute Gasteiger partial charge is 0.406 e. The summed E-state index contributed by atoms with van der Waals surface area (Å²) in [6, 6.07) is 5.76. The number of nitrogens with one attached hydrogen (secondary N) is 3. The lowest BCUT2D eigenvalue weighted by atomic mass is 9.79. The SMILES string of the molecule is COc1cc(C(C)(C(F)(F)F)C(F)(F)F)ccc1-c1sc(C(=O)NCC(C)(C)O)nc1C(=O)N1CC(F)(F)C[C@@H]1C.COc1cc(C(C)(C(F)(F)F)C(F)(F)F)ccc1-c1sc(C(=O)NCC(C)(C)O)nc1C(=O)N1CCCC[C@@H]1C.Cc1cc(C(C)(C(F)(F)F)C(F)(F)F)ccc1-c1sc(C(=O)NCC2(O)CCC2)nc1C(=O)N1CCC[C@@H]1C. The van der Waals surface area contributed by atoms with Gasteiger partial charge in [-0.1, -0.05) is 30.3 Å². The first-order valence-electron chi connectivity index (χ1n) is 37.1. The fourth-order valence-corrected chi connectivity index (χ4v) is 16.5. The molecule has 0 spiro atoms. The summed E-state index contributed by atoms with van der Waals surface area (Å²) in [6.45, 7) is 11.8. The Bertz CT molecular complexity index is 4720. The largest absolute Gasteiger partial charge is 0.496 e. The number of rotatable bonds is 20. The van der Waals surface area contributed by atoms with Crippen molar-refractivity contribution in [3.8, 4) is 42.8 Å². The van der Waals surface area contributed by atoms with E-state index in [0.29, 0.717) is 61.5 Å². The zero-order valence-corrected chi connectivity index (χ0v) is 69.1. The predicted octanol–water partition coefficient (Wildman–Crippen LogP) is 17.1. The highest BCUT2D eigenvalue weighted by Crippen LogP contribution is 2.57. The molecule has 1 aliphatic carbocycles. The zero-order valence-electron chi connectivity index (χ0n) is 66.6. The van der Waals surface area contributed by atoms with Gasteiger partial charge in [0.15, 0.2) is 31.3 Å². The quantitative estimate of drug-likeness (QED) is 0.0388. The molecule has 664 valence electrons. The molecule has 0 radical (unpaired) electrons. The molecule has 6 heterocycles. The number of piperidine rings is 1. The molecule has 4 aliphatic rings. The molecule has 4 fully saturated rings. The van der Waals surface area contributed by atoms with Gasteiger partial charge in [0.25, 0.3) is 41.4 Å². The molecule has 20 nitrogen and oxygen atoms in total. The fourth-order valence-electron chi connectivity index (χ4n) is 13.5. The summed E-state index contributed by atoms with van der Waals surface area (Å²) < 4.78 is 285. The first-order chi connectivity index (χ1) is 54.8. The Morgan fingerprint density at radius 2 is 0.792 bits per heavy atom. The van der Waals surface area contributed by atoms with Crippen LogP contribution in [0.15, 0.2) is 54.6 Å². The summed E-state index contributed by atoms with van der Waals surface area (Å²) in [5.74, 6) is -8.31. The molecular formula is C77H87F20N9O11S3. The van der Waals surface area contributed by atoms with Crippen LogP contribution in [0.5, 0.6) is 11.5 Å². The van der Waals surface area contributed by atoms with Crippen LogP contribution in [0.2, 0.25) is 0 Å². The Morgan fingerprint density at radius 1 is 0.467 bits per heavy atom. The van der Waals surface area contributed by atoms with Crippen molar-refractivity contribution in [1.29, 1.82) is 0 Å². The van der Waals surface area contributed by atoms with Crippen LogP contribution in [-0.4, -0.2) is 212 Å². The lowest BCUT2D eigenvalue weighted by molar-refractivity contribution is -0.298. The van der Waals surface area contributed by atoms with Crippen molar-refractivity contribution in [2.45, 2.75) is 228 Å². The molecule has 3 aromatic heterocycles. The monoisotopic (exact) mass is 1790 g/mol. The second kappa shape index (κ2) is 35.0. The third-order valence-electron chi connectivity index (χ3n) is 21.5. The van der Waals surface area contributed by atoms with Crippen LogP contribution >= 0.6 is 34.0 Å². The summed E-state index contributed by atoms with van der Waals surface area (Å²) in [4.78, 5) is 95.5. The molecule has 43 heteroatoms. The molecule has 3 saturated heterocycles. The number of likely N-dealkylation sites (tertiary alicyclic amines) is 3. The van der Waals surface area contributed by atoms with E-state index in [4.69, 9.17) is 9.47 Å². The zero-order chi connectivity index (χ0) is 90.6. The third kappa shape index (κ3) is 20.4. The lowest BCUT2D eigenvalue weighted by Gasteiger charge is -2.36. The number of aromatic nitrogens is 3. The number of aliphatic hydroxyl groups is 3. The van der Waals surface area contributed by atoms with Gasteiger partial charge >= 0.3 is 37.1 Å². The highest BCUT2D eigenvalue weighted by Gasteiger charge is 2.71. The maximum absolute atomic E-state index is 14.1. The van der Waals surface area contributed by atoms with E-state index in [2.05, 4.69) is 30.9 Å². The van der Waals surface area contributed by atoms with Crippen molar-refractivity contribution >= 4 is 69.5 Å². The van der Waals surface area contributed by atoms with Gasteiger partial charge in [0.1, 0.15) is 28.6 Å². The van der Waals surface area contributed by atoms with Crippen molar-refractivity contribution in [1.82, 2.24) is 45.6 Å². The number of hydrogen-bond acceptors (Lipinski definition) is 17. The minimum atomic E-state index is -5.74. The van der Waals surface area contributed by atoms with E-state index in [1.165, 1.54) is 41.5 Å². The summed E-state index contributed by atoms with van der Waals surface area (Å²) in [5, 5.41) is 37.0. The molecule has 3 aromatic carbocycles. The molecule has 1 saturated carbocycles. The Kier molecular flexibility index (Phi) is 28.3. The molecular weight excluding hydrogens is 1700 g/mol. The number of halogens is 20. The van der Waals surface area contributed by atoms with Crippen molar-refractivity contribution < 1.29 is 141 Å². The summed E-state index contributed by atoms with van der Waals surface area (Å²) in [5.41, 5.74) is -20.2. The Hall–Kier alpha value is -8.55. The van der Waals surface area contributed by atoms with E-state index < -0.39 is 159 Å². The van der Waals surface area contributed by atoms with Crippen LogP contribution in [0.3, 0.4) is 0 Å². The highest BCUT2D eigenvalue weighted by atomic mass is 32.1. The first kappa shape index (κ1) is 96.9.